The van der Waals surface area contributed by atoms with Gasteiger partial charge >= 0.3 is 5.97 Å². The zero-order valence-corrected chi connectivity index (χ0v) is 18.0. The van der Waals surface area contributed by atoms with Crippen LogP contribution >= 0.6 is 0 Å². The first kappa shape index (κ1) is 23.4. The number of amides is 1. The third-order valence-electron chi connectivity index (χ3n) is 4.77. The number of esters is 1. The maximum atomic E-state index is 14.3. The molecule has 8 nitrogen and oxygen atoms in total. The van der Waals surface area contributed by atoms with E-state index >= 15 is 0 Å². The molecule has 1 aromatic heterocycles. The Kier molecular flexibility index (Phi) is 7.02. The first-order chi connectivity index (χ1) is 15.7. The molecule has 170 valence electrons. The molecule has 1 heterocycles. The highest BCUT2D eigenvalue weighted by Gasteiger charge is 2.18. The van der Waals surface area contributed by atoms with Gasteiger partial charge < -0.3 is 20.9 Å². The van der Waals surface area contributed by atoms with E-state index in [4.69, 9.17) is 10.5 Å². The molecule has 0 radical (unpaired) electrons. The first-order valence-corrected chi connectivity index (χ1v) is 10.1. The highest BCUT2D eigenvalue weighted by atomic mass is 19.1. The first-order valence-electron chi connectivity index (χ1n) is 10.1. The van der Waals surface area contributed by atoms with Crippen molar-refractivity contribution < 1.29 is 28.6 Å². The molecule has 0 fully saturated rings. The minimum Gasteiger partial charge on any atom is -0.507 e. The summed E-state index contributed by atoms with van der Waals surface area (Å²) in [4.78, 5) is 40.6. The summed E-state index contributed by atoms with van der Waals surface area (Å²) < 4.78 is 19.0. The standard InChI is InChI=1S/C24H22FN3O5/c1-3-33-21(30)12-27-24(32)16-7-8-19(28-23(16)26)17-11-14(5-9-20(17)29)22(31)15-6-4-13(2)10-18(15)25/h4-11,29H,3,12H2,1-2H3,(H2,26,28)(H,27,32). The molecule has 1 amide bonds. The molecule has 2 aromatic carbocycles. The number of aromatic hydroxyl groups is 1. The van der Waals surface area contributed by atoms with Crippen LogP contribution in [0.1, 0.15) is 38.8 Å². The number of nitrogens with one attached hydrogen (secondary N) is 1. The van der Waals surface area contributed by atoms with E-state index in [0.717, 1.165) is 0 Å². The number of pyridine rings is 1. The van der Waals surface area contributed by atoms with Crippen molar-refractivity contribution >= 4 is 23.5 Å². The average molecular weight is 451 g/mol. The van der Waals surface area contributed by atoms with Gasteiger partial charge in [0.2, 0.25) is 0 Å². The quantitative estimate of drug-likeness (QED) is 0.372. The van der Waals surface area contributed by atoms with Gasteiger partial charge in [-0.3, -0.25) is 14.4 Å². The number of hydrogen-bond donors (Lipinski definition) is 3. The Balaban J connectivity index is 1.87. The van der Waals surface area contributed by atoms with Gasteiger partial charge in [-0.2, -0.15) is 0 Å². The Labute approximate surface area is 189 Å². The number of halogens is 1. The van der Waals surface area contributed by atoms with E-state index in [1.165, 1.54) is 42.5 Å². The van der Waals surface area contributed by atoms with E-state index in [1.807, 2.05) is 0 Å². The minimum atomic E-state index is -0.643. The molecule has 0 saturated carbocycles. The van der Waals surface area contributed by atoms with Crippen LogP contribution < -0.4 is 11.1 Å². The molecule has 4 N–H and O–H groups in total. The van der Waals surface area contributed by atoms with Crippen LogP contribution in [0.15, 0.2) is 48.5 Å². The number of carbonyl (C=O) groups is 3. The maximum absolute atomic E-state index is 14.3. The van der Waals surface area contributed by atoms with Gasteiger partial charge in [0.1, 0.15) is 23.9 Å². The minimum absolute atomic E-state index is 0.0245. The Hall–Kier alpha value is -4.27. The van der Waals surface area contributed by atoms with E-state index in [1.54, 1.807) is 19.9 Å². The van der Waals surface area contributed by atoms with Crippen LogP contribution in [-0.2, 0) is 9.53 Å². The molecule has 0 atom stereocenters. The number of rotatable bonds is 7. The molecule has 0 bridgehead atoms. The number of benzene rings is 2. The number of phenolic OH excluding ortho intramolecular Hbond substituents is 1. The largest absolute Gasteiger partial charge is 0.507 e. The Morgan fingerprint density at radius 1 is 1.09 bits per heavy atom. The van der Waals surface area contributed by atoms with Crippen LogP contribution in [-0.4, -0.2) is 40.9 Å². The topological polar surface area (TPSA) is 132 Å². The number of aryl methyl sites for hydroxylation is 1. The molecule has 0 aliphatic heterocycles. The molecule has 0 aliphatic rings. The van der Waals surface area contributed by atoms with Crippen molar-refractivity contribution in [1.29, 1.82) is 0 Å². The summed E-state index contributed by atoms with van der Waals surface area (Å²) >= 11 is 0. The smallest absolute Gasteiger partial charge is 0.325 e. The fourth-order valence-electron chi connectivity index (χ4n) is 3.12. The number of ether oxygens (including phenoxy) is 1. The number of nitrogens with zero attached hydrogens (tertiary/aromatic N) is 1. The van der Waals surface area contributed by atoms with Crippen LogP contribution in [0.25, 0.3) is 11.3 Å². The number of nitrogens with two attached hydrogens (primary N) is 1. The third-order valence-corrected chi connectivity index (χ3v) is 4.77. The van der Waals surface area contributed by atoms with E-state index in [9.17, 15) is 23.9 Å². The van der Waals surface area contributed by atoms with Gasteiger partial charge in [-0.05, 0) is 61.9 Å². The number of ketones is 1. The van der Waals surface area contributed by atoms with Crippen molar-refractivity contribution in [3.63, 3.8) is 0 Å². The van der Waals surface area contributed by atoms with Crippen molar-refractivity contribution in [2.75, 3.05) is 18.9 Å². The lowest BCUT2D eigenvalue weighted by Crippen LogP contribution is -2.31. The van der Waals surface area contributed by atoms with Gasteiger partial charge in [-0.1, -0.05) is 6.07 Å². The number of hydrogen-bond acceptors (Lipinski definition) is 7. The number of carbonyl (C=O) groups excluding carboxylic acids is 3. The van der Waals surface area contributed by atoms with Gasteiger partial charge in [0.15, 0.2) is 5.78 Å². The Bertz CT molecular complexity index is 1240. The molecular weight excluding hydrogens is 429 g/mol. The van der Waals surface area contributed by atoms with E-state index in [-0.39, 0.29) is 52.7 Å². The van der Waals surface area contributed by atoms with Crippen molar-refractivity contribution in [3.05, 3.63) is 76.6 Å². The summed E-state index contributed by atoms with van der Waals surface area (Å²) in [6.07, 6.45) is 0. The van der Waals surface area contributed by atoms with E-state index in [0.29, 0.717) is 5.56 Å². The van der Waals surface area contributed by atoms with Crippen molar-refractivity contribution in [3.8, 4) is 17.0 Å². The molecule has 33 heavy (non-hydrogen) atoms. The summed E-state index contributed by atoms with van der Waals surface area (Å²) in [6, 6.07) is 11.2. The molecule has 0 spiro atoms. The molecule has 0 saturated heterocycles. The average Bonchev–Trinajstić information content (AvgIpc) is 2.77. The highest BCUT2D eigenvalue weighted by Crippen LogP contribution is 2.31. The Morgan fingerprint density at radius 2 is 1.82 bits per heavy atom. The zero-order chi connectivity index (χ0) is 24.1. The highest BCUT2D eigenvalue weighted by molar-refractivity contribution is 6.10. The van der Waals surface area contributed by atoms with Gasteiger partial charge in [-0.15, -0.1) is 0 Å². The van der Waals surface area contributed by atoms with Crippen LogP contribution in [0.4, 0.5) is 10.2 Å². The number of nitrogen functional groups attached to an aromatic ring is 1. The number of anilines is 1. The lowest BCUT2D eigenvalue weighted by atomic mass is 9.98. The Morgan fingerprint density at radius 3 is 2.48 bits per heavy atom. The monoisotopic (exact) mass is 451 g/mol. The molecule has 9 heteroatoms. The summed E-state index contributed by atoms with van der Waals surface area (Å²) in [6.45, 7) is 3.23. The molecular formula is C24H22FN3O5. The predicted octanol–water partition coefficient (Wildman–Crippen LogP) is 3.01. The lowest BCUT2D eigenvalue weighted by Gasteiger charge is -2.11. The second-order valence-electron chi connectivity index (χ2n) is 7.16. The number of aromatic nitrogens is 1. The predicted molar refractivity (Wildman–Crippen MR) is 119 cm³/mol. The summed E-state index contributed by atoms with van der Waals surface area (Å²) in [5, 5.41) is 12.7. The molecule has 0 aliphatic carbocycles. The molecule has 3 aromatic rings. The van der Waals surface area contributed by atoms with Gasteiger partial charge in [0.05, 0.1) is 23.4 Å². The molecule has 0 unspecified atom stereocenters. The second kappa shape index (κ2) is 9.90. The van der Waals surface area contributed by atoms with Crippen LogP contribution in [0.3, 0.4) is 0 Å². The summed E-state index contributed by atoms with van der Waals surface area (Å²) in [5.41, 5.74) is 7.04. The summed E-state index contributed by atoms with van der Waals surface area (Å²) in [5.74, 6) is -2.74. The summed E-state index contributed by atoms with van der Waals surface area (Å²) in [7, 11) is 0. The van der Waals surface area contributed by atoms with Gasteiger partial charge in [-0.25, -0.2) is 9.37 Å². The van der Waals surface area contributed by atoms with Crippen molar-refractivity contribution in [1.82, 2.24) is 10.3 Å². The van der Waals surface area contributed by atoms with Gasteiger partial charge in [0, 0.05) is 11.1 Å². The van der Waals surface area contributed by atoms with E-state index < -0.39 is 23.5 Å². The maximum Gasteiger partial charge on any atom is 0.325 e. The van der Waals surface area contributed by atoms with Crippen molar-refractivity contribution in [2.45, 2.75) is 13.8 Å². The van der Waals surface area contributed by atoms with Gasteiger partial charge in [0.25, 0.3) is 5.91 Å². The zero-order valence-electron chi connectivity index (χ0n) is 18.0. The normalized spacial score (nSPS) is 10.5. The SMILES string of the molecule is CCOC(=O)CNC(=O)c1ccc(-c2cc(C(=O)c3ccc(C)cc3F)ccc2O)nc1N. The van der Waals surface area contributed by atoms with E-state index in [2.05, 4.69) is 10.3 Å². The third kappa shape index (κ3) is 5.32. The second-order valence-corrected chi connectivity index (χ2v) is 7.16. The fraction of sp³-hybridized carbons (Fsp3) is 0.167. The lowest BCUT2D eigenvalue weighted by molar-refractivity contribution is -0.141. The number of phenols is 1. The molecule has 3 rings (SSSR count). The van der Waals surface area contributed by atoms with Crippen LogP contribution in [0.5, 0.6) is 5.75 Å². The van der Waals surface area contributed by atoms with Crippen LogP contribution in [0, 0.1) is 12.7 Å². The van der Waals surface area contributed by atoms with Crippen LogP contribution in [0.2, 0.25) is 0 Å². The fourth-order valence-corrected chi connectivity index (χ4v) is 3.12. The van der Waals surface area contributed by atoms with Crippen molar-refractivity contribution in [2.24, 2.45) is 0 Å².